The Morgan fingerprint density at radius 3 is 2.59 bits per heavy atom. The monoisotopic (exact) mass is 226 g/mol. The Morgan fingerprint density at radius 1 is 1.06 bits per heavy atom. The number of nitrogens with zero attached hydrogens (tertiary/aromatic N) is 3. The van der Waals surface area contributed by atoms with E-state index in [1.165, 1.54) is 0 Å². The lowest BCUT2D eigenvalue weighted by Gasteiger charge is -2.01. The highest BCUT2D eigenvalue weighted by Gasteiger charge is 2.03. The van der Waals surface area contributed by atoms with Crippen LogP contribution in [-0.2, 0) is 0 Å². The molecule has 3 N–H and O–H groups in total. The molecule has 2 heterocycles. The number of hydrogen-bond donors (Lipinski definition) is 2. The Hall–Kier alpha value is -2.56. The van der Waals surface area contributed by atoms with Crippen molar-refractivity contribution in [1.29, 1.82) is 0 Å². The number of hydrogen-bond acceptors (Lipinski definition) is 4. The maximum Gasteiger partial charge on any atom is 0.240 e. The first kappa shape index (κ1) is 9.65. The number of nitrogen functional groups attached to an aromatic ring is 1. The van der Waals surface area contributed by atoms with Crippen molar-refractivity contribution in [3.05, 3.63) is 42.6 Å². The number of pyridine rings is 1. The summed E-state index contributed by atoms with van der Waals surface area (Å²) in [6, 6.07) is 10.8. The molecule has 0 spiro atoms. The van der Waals surface area contributed by atoms with Crippen molar-refractivity contribution in [2.45, 2.75) is 0 Å². The molecule has 0 atom stereocenters. The molecule has 0 fully saturated rings. The van der Waals surface area contributed by atoms with Gasteiger partial charge in [0.05, 0.1) is 0 Å². The molecule has 0 amide bonds. The van der Waals surface area contributed by atoms with Crippen LogP contribution in [0.4, 0.5) is 5.95 Å². The molecular formula is C12H10N4O. The van der Waals surface area contributed by atoms with Crippen LogP contribution < -0.4 is 5.73 Å². The van der Waals surface area contributed by atoms with E-state index in [1.54, 1.807) is 22.8 Å². The molecule has 0 saturated heterocycles. The van der Waals surface area contributed by atoms with Crippen molar-refractivity contribution < 1.29 is 5.11 Å². The second kappa shape index (κ2) is 3.48. The molecule has 3 rings (SSSR count). The number of anilines is 1. The molecule has 0 aliphatic carbocycles. The maximum atomic E-state index is 9.24. The summed E-state index contributed by atoms with van der Waals surface area (Å²) in [5.74, 6) is 0.509. The van der Waals surface area contributed by atoms with Crippen molar-refractivity contribution in [3.63, 3.8) is 0 Å². The highest BCUT2D eigenvalue weighted by Crippen LogP contribution is 2.22. The van der Waals surface area contributed by atoms with E-state index in [-0.39, 0.29) is 11.7 Å². The summed E-state index contributed by atoms with van der Waals surface area (Å²) in [6.45, 7) is 0. The molecule has 0 radical (unpaired) electrons. The van der Waals surface area contributed by atoms with E-state index in [9.17, 15) is 5.11 Å². The summed E-state index contributed by atoms with van der Waals surface area (Å²) in [4.78, 5) is 4.10. The molecule has 1 aromatic carbocycles. The van der Waals surface area contributed by atoms with Gasteiger partial charge in [0.25, 0.3) is 0 Å². The van der Waals surface area contributed by atoms with Crippen molar-refractivity contribution in [3.8, 4) is 16.9 Å². The highest BCUT2D eigenvalue weighted by molar-refractivity contribution is 5.67. The van der Waals surface area contributed by atoms with Gasteiger partial charge >= 0.3 is 0 Å². The van der Waals surface area contributed by atoms with Crippen LogP contribution in [0.2, 0.25) is 0 Å². The molecule has 0 aliphatic rings. The second-order valence-electron chi connectivity index (χ2n) is 3.74. The van der Waals surface area contributed by atoms with E-state index < -0.39 is 0 Å². The van der Waals surface area contributed by atoms with E-state index >= 15 is 0 Å². The molecular weight excluding hydrogens is 216 g/mol. The first-order valence-corrected chi connectivity index (χ1v) is 5.14. The van der Waals surface area contributed by atoms with Crippen LogP contribution in [0.25, 0.3) is 16.8 Å². The molecule has 84 valence electrons. The van der Waals surface area contributed by atoms with E-state index in [0.717, 1.165) is 11.1 Å². The highest BCUT2D eigenvalue weighted by atomic mass is 16.3. The van der Waals surface area contributed by atoms with Crippen molar-refractivity contribution >= 4 is 11.6 Å². The molecule has 0 unspecified atom stereocenters. The summed E-state index contributed by atoms with van der Waals surface area (Å²) < 4.78 is 1.62. The zero-order valence-electron chi connectivity index (χ0n) is 8.91. The Labute approximate surface area is 97.1 Å². The van der Waals surface area contributed by atoms with E-state index in [4.69, 9.17) is 5.73 Å². The lowest BCUT2D eigenvalue weighted by Crippen LogP contribution is -1.89. The number of phenolic OH excluding ortho intramolecular Hbond substituents is 1. The first-order valence-electron chi connectivity index (χ1n) is 5.14. The van der Waals surface area contributed by atoms with E-state index in [0.29, 0.717) is 5.65 Å². The Balaban J connectivity index is 2.13. The minimum atomic E-state index is 0.251. The minimum Gasteiger partial charge on any atom is -0.508 e. The third kappa shape index (κ3) is 1.67. The molecule has 3 aromatic rings. The number of benzene rings is 1. The maximum absolute atomic E-state index is 9.24. The topological polar surface area (TPSA) is 76.4 Å². The summed E-state index contributed by atoms with van der Waals surface area (Å²) in [5.41, 5.74) is 8.24. The minimum absolute atomic E-state index is 0.251. The molecule has 0 saturated carbocycles. The van der Waals surface area contributed by atoms with Gasteiger partial charge < -0.3 is 10.8 Å². The van der Waals surface area contributed by atoms with Gasteiger partial charge in [-0.05, 0) is 35.4 Å². The number of aromatic nitrogens is 3. The van der Waals surface area contributed by atoms with Gasteiger partial charge in [-0.25, -0.2) is 4.52 Å². The number of nitrogens with two attached hydrogens (primary N) is 1. The number of aromatic hydroxyl groups is 1. The van der Waals surface area contributed by atoms with Crippen LogP contribution >= 0.6 is 0 Å². The fourth-order valence-corrected chi connectivity index (χ4v) is 1.73. The summed E-state index contributed by atoms with van der Waals surface area (Å²) >= 11 is 0. The average Bonchev–Trinajstić information content (AvgIpc) is 2.69. The summed E-state index contributed by atoms with van der Waals surface area (Å²) in [7, 11) is 0. The quantitative estimate of drug-likeness (QED) is 0.662. The average molecular weight is 226 g/mol. The van der Waals surface area contributed by atoms with Gasteiger partial charge in [-0.1, -0.05) is 12.1 Å². The van der Waals surface area contributed by atoms with Crippen LogP contribution in [0.1, 0.15) is 0 Å². The van der Waals surface area contributed by atoms with Gasteiger partial charge in [-0.3, -0.25) is 0 Å². The lowest BCUT2D eigenvalue weighted by molar-refractivity contribution is 0.475. The molecule has 5 heteroatoms. The van der Waals surface area contributed by atoms with Gasteiger partial charge in [0.15, 0.2) is 5.65 Å². The second-order valence-corrected chi connectivity index (χ2v) is 3.74. The summed E-state index contributed by atoms with van der Waals surface area (Å²) in [6.07, 6.45) is 1.81. The third-order valence-electron chi connectivity index (χ3n) is 2.55. The van der Waals surface area contributed by atoms with Crippen LogP contribution in [0.15, 0.2) is 42.6 Å². The lowest BCUT2D eigenvalue weighted by atomic mass is 10.1. The van der Waals surface area contributed by atoms with Crippen molar-refractivity contribution in [1.82, 2.24) is 14.6 Å². The predicted molar refractivity (Wildman–Crippen MR) is 64.5 cm³/mol. The van der Waals surface area contributed by atoms with Gasteiger partial charge in [0, 0.05) is 6.20 Å². The fraction of sp³-hybridized carbons (Fsp3) is 0. The van der Waals surface area contributed by atoms with Gasteiger partial charge in [0.1, 0.15) is 5.75 Å². The van der Waals surface area contributed by atoms with Crippen LogP contribution in [0.5, 0.6) is 5.75 Å². The normalized spacial score (nSPS) is 10.8. The molecule has 0 aliphatic heterocycles. The molecule has 17 heavy (non-hydrogen) atoms. The standard InChI is InChI=1S/C12H10N4O/c13-12-14-11-7-9(5-6-16(11)15-12)8-1-3-10(17)4-2-8/h1-7,17H,(H2,13,15). The molecule has 0 bridgehead atoms. The van der Waals surface area contributed by atoms with Gasteiger partial charge in [0.2, 0.25) is 5.95 Å². The molecule has 5 nitrogen and oxygen atoms in total. The fourth-order valence-electron chi connectivity index (χ4n) is 1.73. The zero-order valence-corrected chi connectivity index (χ0v) is 8.91. The van der Waals surface area contributed by atoms with Gasteiger partial charge in [-0.15, -0.1) is 5.10 Å². The number of phenols is 1. The van der Waals surface area contributed by atoms with Crippen molar-refractivity contribution in [2.24, 2.45) is 0 Å². The first-order chi connectivity index (χ1) is 8.22. The smallest absolute Gasteiger partial charge is 0.240 e. The van der Waals surface area contributed by atoms with Gasteiger partial charge in [-0.2, -0.15) is 4.98 Å². The van der Waals surface area contributed by atoms with Crippen LogP contribution in [0, 0.1) is 0 Å². The van der Waals surface area contributed by atoms with Crippen LogP contribution in [-0.4, -0.2) is 19.7 Å². The largest absolute Gasteiger partial charge is 0.508 e. The Kier molecular flexibility index (Phi) is 1.98. The SMILES string of the molecule is Nc1nc2cc(-c3ccc(O)cc3)ccn2n1. The van der Waals surface area contributed by atoms with E-state index in [2.05, 4.69) is 10.1 Å². The van der Waals surface area contributed by atoms with Crippen LogP contribution in [0.3, 0.4) is 0 Å². The summed E-state index contributed by atoms with van der Waals surface area (Å²) in [5, 5.41) is 13.2. The molecule has 2 aromatic heterocycles. The van der Waals surface area contributed by atoms with E-state index in [1.807, 2.05) is 24.3 Å². The van der Waals surface area contributed by atoms with Crippen molar-refractivity contribution in [2.75, 3.05) is 5.73 Å². The predicted octanol–water partition coefficient (Wildman–Crippen LogP) is 1.68. The zero-order chi connectivity index (χ0) is 11.8. The third-order valence-corrected chi connectivity index (χ3v) is 2.55. The Morgan fingerprint density at radius 2 is 1.82 bits per heavy atom. The number of fused-ring (bicyclic) bond motifs is 1. The number of rotatable bonds is 1. The Bertz CT molecular complexity index is 673.